The molecule has 1 aliphatic heterocycles. The van der Waals surface area contributed by atoms with Gasteiger partial charge in [0.25, 0.3) is 0 Å². The zero-order valence-corrected chi connectivity index (χ0v) is 9.49. The Hall–Kier alpha value is -0.800. The van der Waals surface area contributed by atoms with Crippen molar-refractivity contribution in [2.75, 3.05) is 19.8 Å². The lowest BCUT2D eigenvalue weighted by Gasteiger charge is -2.48. The number of nitrogens with one attached hydrogen (secondary N) is 1. The van der Waals surface area contributed by atoms with Gasteiger partial charge in [0.1, 0.15) is 0 Å². The van der Waals surface area contributed by atoms with E-state index in [2.05, 4.69) is 24.9 Å². The molecule has 3 nitrogen and oxygen atoms in total. The number of rotatable bonds is 4. The van der Waals surface area contributed by atoms with Crippen LogP contribution in [0.1, 0.15) is 19.5 Å². The van der Waals surface area contributed by atoms with Crippen LogP contribution in [-0.4, -0.2) is 24.7 Å². The number of hydrogen-bond acceptors (Lipinski definition) is 2. The van der Waals surface area contributed by atoms with Crippen LogP contribution in [0, 0.1) is 11.8 Å². The molecule has 1 aromatic rings. The van der Waals surface area contributed by atoms with Gasteiger partial charge in [-0.25, -0.2) is 0 Å². The summed E-state index contributed by atoms with van der Waals surface area (Å²) >= 11 is 0. The first kappa shape index (κ1) is 10.7. The van der Waals surface area contributed by atoms with E-state index in [1.165, 1.54) is 5.69 Å². The molecule has 0 saturated carbocycles. The Balaban J connectivity index is 2.28. The van der Waals surface area contributed by atoms with Gasteiger partial charge < -0.3 is 15.5 Å². The van der Waals surface area contributed by atoms with Crippen LogP contribution >= 0.6 is 0 Å². The van der Waals surface area contributed by atoms with Crippen LogP contribution in [0.4, 0.5) is 0 Å². The van der Waals surface area contributed by atoms with Crippen LogP contribution in [0.15, 0.2) is 18.3 Å². The summed E-state index contributed by atoms with van der Waals surface area (Å²) in [6.45, 7) is 6.79. The molecule has 1 aromatic heterocycles. The molecule has 2 heterocycles. The number of hydrogen-bond donors (Lipinski definition) is 2. The standard InChI is InChI=1S/C12H20N2O/c1-9(2)10(6-13)12(7-15-8-12)11-4-3-5-14-11/h3-5,9-10,14H,6-8,13H2,1-2H3. The summed E-state index contributed by atoms with van der Waals surface area (Å²) in [5.41, 5.74) is 7.31. The summed E-state index contributed by atoms with van der Waals surface area (Å²) in [4.78, 5) is 3.31. The van der Waals surface area contributed by atoms with E-state index in [1.807, 2.05) is 12.3 Å². The lowest BCUT2D eigenvalue weighted by Crippen LogP contribution is -2.56. The van der Waals surface area contributed by atoms with Gasteiger partial charge >= 0.3 is 0 Å². The SMILES string of the molecule is CC(C)C(CN)C1(c2ccc[nH]2)COC1. The minimum atomic E-state index is 0.131. The van der Waals surface area contributed by atoms with Gasteiger partial charge in [0.15, 0.2) is 0 Å². The third kappa shape index (κ3) is 1.60. The molecule has 2 rings (SSSR count). The third-order valence-corrected chi connectivity index (χ3v) is 3.62. The molecule has 84 valence electrons. The summed E-state index contributed by atoms with van der Waals surface area (Å²) in [5, 5.41) is 0. The molecule has 3 heteroatoms. The molecule has 1 fully saturated rings. The Morgan fingerprint density at radius 3 is 2.60 bits per heavy atom. The van der Waals surface area contributed by atoms with Crippen molar-refractivity contribution < 1.29 is 4.74 Å². The van der Waals surface area contributed by atoms with Gasteiger partial charge in [-0.2, -0.15) is 0 Å². The molecule has 0 spiro atoms. The largest absolute Gasteiger partial charge is 0.379 e. The highest BCUT2D eigenvalue weighted by molar-refractivity contribution is 5.23. The Bertz CT molecular complexity index is 301. The summed E-state index contributed by atoms with van der Waals surface area (Å²) in [6, 6.07) is 4.19. The van der Waals surface area contributed by atoms with Gasteiger partial charge in [-0.1, -0.05) is 13.8 Å². The maximum absolute atomic E-state index is 5.91. The van der Waals surface area contributed by atoms with Crippen LogP contribution < -0.4 is 5.73 Å². The first-order valence-electron chi connectivity index (χ1n) is 5.62. The van der Waals surface area contributed by atoms with E-state index in [0.29, 0.717) is 11.8 Å². The maximum atomic E-state index is 5.91. The Morgan fingerprint density at radius 1 is 1.53 bits per heavy atom. The monoisotopic (exact) mass is 208 g/mol. The van der Waals surface area contributed by atoms with E-state index >= 15 is 0 Å². The molecule has 15 heavy (non-hydrogen) atoms. The Labute approximate surface area is 91.0 Å². The molecule has 1 atom stereocenters. The van der Waals surface area contributed by atoms with Gasteiger partial charge in [0.2, 0.25) is 0 Å². The molecule has 1 aliphatic rings. The van der Waals surface area contributed by atoms with E-state index in [4.69, 9.17) is 10.5 Å². The van der Waals surface area contributed by atoms with Crippen molar-refractivity contribution in [2.45, 2.75) is 19.3 Å². The quantitative estimate of drug-likeness (QED) is 0.788. The van der Waals surface area contributed by atoms with Crippen LogP contribution in [0.2, 0.25) is 0 Å². The smallest absolute Gasteiger partial charge is 0.0613 e. The highest BCUT2D eigenvalue weighted by Gasteiger charge is 2.48. The number of ether oxygens (including phenoxy) is 1. The normalized spacial score (nSPS) is 21.3. The predicted octanol–water partition coefficient (Wildman–Crippen LogP) is 1.51. The van der Waals surface area contributed by atoms with Crippen molar-refractivity contribution in [3.8, 4) is 0 Å². The second kappa shape index (κ2) is 3.99. The fourth-order valence-electron chi connectivity index (χ4n) is 2.67. The first-order valence-corrected chi connectivity index (χ1v) is 5.62. The minimum Gasteiger partial charge on any atom is -0.379 e. The molecule has 0 aliphatic carbocycles. The highest BCUT2D eigenvalue weighted by atomic mass is 16.5. The average Bonchev–Trinajstić information content (AvgIpc) is 2.62. The molecular weight excluding hydrogens is 188 g/mol. The fourth-order valence-corrected chi connectivity index (χ4v) is 2.67. The van der Waals surface area contributed by atoms with Crippen molar-refractivity contribution in [2.24, 2.45) is 17.6 Å². The van der Waals surface area contributed by atoms with Gasteiger partial charge in [-0.15, -0.1) is 0 Å². The van der Waals surface area contributed by atoms with Gasteiger partial charge in [-0.05, 0) is 30.5 Å². The average molecular weight is 208 g/mol. The van der Waals surface area contributed by atoms with Crippen molar-refractivity contribution in [3.63, 3.8) is 0 Å². The lowest BCUT2D eigenvalue weighted by molar-refractivity contribution is -0.100. The van der Waals surface area contributed by atoms with Gasteiger partial charge in [0, 0.05) is 11.9 Å². The van der Waals surface area contributed by atoms with Crippen molar-refractivity contribution in [3.05, 3.63) is 24.0 Å². The van der Waals surface area contributed by atoms with E-state index in [1.54, 1.807) is 0 Å². The highest BCUT2D eigenvalue weighted by Crippen LogP contribution is 2.41. The summed E-state index contributed by atoms with van der Waals surface area (Å²) in [6.07, 6.45) is 1.98. The van der Waals surface area contributed by atoms with Crippen LogP contribution in [-0.2, 0) is 10.2 Å². The molecule has 1 unspecified atom stereocenters. The zero-order valence-electron chi connectivity index (χ0n) is 9.49. The first-order chi connectivity index (χ1) is 7.20. The molecule has 0 amide bonds. The molecule has 0 bridgehead atoms. The van der Waals surface area contributed by atoms with Crippen molar-refractivity contribution in [1.29, 1.82) is 0 Å². The Morgan fingerprint density at radius 2 is 2.27 bits per heavy atom. The van der Waals surface area contributed by atoms with E-state index in [9.17, 15) is 0 Å². The maximum Gasteiger partial charge on any atom is 0.0613 e. The third-order valence-electron chi connectivity index (χ3n) is 3.62. The predicted molar refractivity (Wildman–Crippen MR) is 60.7 cm³/mol. The summed E-state index contributed by atoms with van der Waals surface area (Å²) in [7, 11) is 0. The summed E-state index contributed by atoms with van der Waals surface area (Å²) < 4.78 is 5.42. The lowest BCUT2D eigenvalue weighted by atomic mass is 9.66. The fraction of sp³-hybridized carbons (Fsp3) is 0.667. The zero-order chi connectivity index (χ0) is 10.9. The van der Waals surface area contributed by atoms with Crippen molar-refractivity contribution >= 4 is 0 Å². The number of aromatic amines is 1. The number of H-pyrrole nitrogens is 1. The number of nitrogens with two attached hydrogens (primary N) is 1. The number of aromatic nitrogens is 1. The molecule has 1 saturated heterocycles. The molecular formula is C12H20N2O. The van der Waals surface area contributed by atoms with Crippen LogP contribution in [0.5, 0.6) is 0 Å². The van der Waals surface area contributed by atoms with Crippen LogP contribution in [0.3, 0.4) is 0 Å². The molecule has 0 aromatic carbocycles. The summed E-state index contributed by atoms with van der Waals surface area (Å²) in [5.74, 6) is 1.08. The Kier molecular flexibility index (Phi) is 2.85. The van der Waals surface area contributed by atoms with Crippen molar-refractivity contribution in [1.82, 2.24) is 4.98 Å². The van der Waals surface area contributed by atoms with E-state index in [-0.39, 0.29) is 5.41 Å². The van der Waals surface area contributed by atoms with Gasteiger partial charge in [0.05, 0.1) is 18.6 Å². The van der Waals surface area contributed by atoms with Crippen LogP contribution in [0.25, 0.3) is 0 Å². The minimum absolute atomic E-state index is 0.131. The second-order valence-corrected chi connectivity index (χ2v) is 4.82. The topological polar surface area (TPSA) is 51.0 Å². The molecule has 3 N–H and O–H groups in total. The van der Waals surface area contributed by atoms with E-state index in [0.717, 1.165) is 19.8 Å². The second-order valence-electron chi connectivity index (χ2n) is 4.82. The van der Waals surface area contributed by atoms with Gasteiger partial charge in [-0.3, -0.25) is 0 Å². The van der Waals surface area contributed by atoms with E-state index < -0.39 is 0 Å². The molecule has 0 radical (unpaired) electrons.